The molecule has 0 aliphatic rings. The summed E-state index contributed by atoms with van der Waals surface area (Å²) in [6.45, 7) is 8.65. The fourth-order valence-electron chi connectivity index (χ4n) is 2.44. The van der Waals surface area contributed by atoms with Crippen LogP contribution in [0.5, 0.6) is 0 Å². The third-order valence-corrected chi connectivity index (χ3v) is 4.84. The number of carbonyl (C=O) groups is 1. The number of benzene rings is 1. The summed E-state index contributed by atoms with van der Waals surface area (Å²) in [4.78, 5) is 11.8. The van der Waals surface area contributed by atoms with Crippen molar-refractivity contribution >= 4 is 14.0 Å². The van der Waals surface area contributed by atoms with Crippen LogP contribution in [0.2, 0.25) is 25.7 Å². The average molecular weight is 250 g/mol. The van der Waals surface area contributed by atoms with Gasteiger partial charge in [0.15, 0.2) is 0 Å². The zero-order valence-corrected chi connectivity index (χ0v) is 12.2. The van der Waals surface area contributed by atoms with Gasteiger partial charge < -0.3 is 5.11 Å². The maximum absolute atomic E-state index is 11.8. The molecule has 17 heavy (non-hydrogen) atoms. The Morgan fingerprint density at radius 2 is 1.76 bits per heavy atom. The number of aliphatic carboxylic acids is 1. The second kappa shape index (κ2) is 5.04. The first kappa shape index (κ1) is 14.0. The first-order valence-electron chi connectivity index (χ1n) is 6.11. The lowest BCUT2D eigenvalue weighted by molar-refractivity contribution is -0.143. The summed E-state index contributed by atoms with van der Waals surface area (Å²) < 4.78 is 0. The predicted molar refractivity (Wildman–Crippen MR) is 74.2 cm³/mol. The lowest BCUT2D eigenvalue weighted by atomic mass is 9.80. The van der Waals surface area contributed by atoms with Gasteiger partial charge in [0.1, 0.15) is 0 Å². The quantitative estimate of drug-likeness (QED) is 0.808. The third kappa shape index (κ3) is 3.19. The van der Waals surface area contributed by atoms with Gasteiger partial charge >= 0.3 is 5.97 Å². The van der Waals surface area contributed by atoms with E-state index >= 15 is 0 Å². The second-order valence-corrected chi connectivity index (χ2v) is 11.3. The van der Waals surface area contributed by atoms with E-state index in [1.807, 2.05) is 37.3 Å². The summed E-state index contributed by atoms with van der Waals surface area (Å²) in [5, 5.41) is 9.66. The minimum atomic E-state index is -1.44. The van der Waals surface area contributed by atoms with Crippen molar-refractivity contribution in [2.75, 3.05) is 0 Å². The van der Waals surface area contributed by atoms with Gasteiger partial charge in [-0.05, 0) is 18.0 Å². The zero-order valence-electron chi connectivity index (χ0n) is 11.2. The Labute approximate surface area is 105 Å². The Balaban J connectivity index is 3.24. The first-order chi connectivity index (χ1) is 7.82. The number of rotatable bonds is 5. The van der Waals surface area contributed by atoms with Crippen molar-refractivity contribution in [3.63, 3.8) is 0 Å². The highest BCUT2D eigenvalue weighted by Crippen LogP contribution is 2.36. The molecule has 0 bridgehead atoms. The van der Waals surface area contributed by atoms with E-state index in [0.29, 0.717) is 6.42 Å². The van der Waals surface area contributed by atoms with Gasteiger partial charge in [-0.25, -0.2) is 0 Å². The standard InChI is InChI=1S/C14H22O2Si/c1-5-14(13(15)16,11-17(2,3)4)12-9-7-6-8-10-12/h6-10H,5,11H2,1-4H3,(H,15,16). The number of carboxylic acid groups (broad SMARTS) is 1. The minimum Gasteiger partial charge on any atom is -0.481 e. The molecular formula is C14H22O2Si. The Hall–Kier alpha value is -1.09. The largest absolute Gasteiger partial charge is 0.481 e. The summed E-state index contributed by atoms with van der Waals surface area (Å²) in [5.41, 5.74) is 0.239. The molecule has 0 heterocycles. The average Bonchev–Trinajstić information content (AvgIpc) is 2.25. The van der Waals surface area contributed by atoms with E-state index in [1.165, 1.54) is 0 Å². The molecule has 1 aromatic carbocycles. The fraction of sp³-hybridized carbons (Fsp3) is 0.500. The summed E-state index contributed by atoms with van der Waals surface area (Å²) >= 11 is 0. The van der Waals surface area contributed by atoms with Gasteiger partial charge in [0.05, 0.1) is 5.41 Å². The predicted octanol–water partition coefficient (Wildman–Crippen LogP) is 3.76. The molecule has 1 aromatic rings. The molecule has 0 spiro atoms. The van der Waals surface area contributed by atoms with Crippen LogP contribution in [0.25, 0.3) is 0 Å². The van der Waals surface area contributed by atoms with E-state index in [-0.39, 0.29) is 0 Å². The van der Waals surface area contributed by atoms with E-state index in [0.717, 1.165) is 11.6 Å². The van der Waals surface area contributed by atoms with Crippen LogP contribution >= 0.6 is 0 Å². The molecule has 1 N–H and O–H groups in total. The molecule has 0 saturated carbocycles. The van der Waals surface area contributed by atoms with Crippen LogP contribution < -0.4 is 0 Å². The van der Waals surface area contributed by atoms with E-state index in [2.05, 4.69) is 19.6 Å². The topological polar surface area (TPSA) is 37.3 Å². The van der Waals surface area contributed by atoms with Crippen molar-refractivity contribution < 1.29 is 9.90 Å². The zero-order chi connectivity index (χ0) is 13.1. The minimum absolute atomic E-state index is 0.649. The summed E-state index contributed by atoms with van der Waals surface area (Å²) in [7, 11) is -1.44. The van der Waals surface area contributed by atoms with Crippen molar-refractivity contribution in [3.8, 4) is 0 Å². The SMILES string of the molecule is CCC(C[Si](C)(C)C)(C(=O)O)c1ccccc1. The summed E-state index contributed by atoms with van der Waals surface area (Å²) in [5.74, 6) is -0.686. The normalized spacial score (nSPS) is 15.3. The molecule has 0 saturated heterocycles. The summed E-state index contributed by atoms with van der Waals surface area (Å²) in [6, 6.07) is 10.4. The molecule has 0 aliphatic heterocycles. The van der Waals surface area contributed by atoms with Crippen LogP contribution in [0.1, 0.15) is 18.9 Å². The van der Waals surface area contributed by atoms with Crippen molar-refractivity contribution in [1.29, 1.82) is 0 Å². The first-order valence-corrected chi connectivity index (χ1v) is 9.81. The second-order valence-electron chi connectivity index (χ2n) is 5.84. The number of hydrogen-bond donors (Lipinski definition) is 1. The van der Waals surface area contributed by atoms with Crippen LogP contribution in [0.15, 0.2) is 30.3 Å². The lowest BCUT2D eigenvalue weighted by Crippen LogP contribution is -2.42. The van der Waals surface area contributed by atoms with Gasteiger partial charge in [-0.1, -0.05) is 56.9 Å². The van der Waals surface area contributed by atoms with Crippen molar-refractivity contribution in [2.24, 2.45) is 0 Å². The highest BCUT2D eigenvalue weighted by Gasteiger charge is 2.42. The highest BCUT2D eigenvalue weighted by atomic mass is 28.3. The smallest absolute Gasteiger partial charge is 0.313 e. The van der Waals surface area contributed by atoms with Gasteiger partial charge in [-0.2, -0.15) is 0 Å². The molecule has 0 aromatic heterocycles. The van der Waals surface area contributed by atoms with E-state index in [1.54, 1.807) is 0 Å². The maximum atomic E-state index is 11.8. The Bertz CT molecular complexity index is 381. The molecule has 0 radical (unpaired) electrons. The fourth-order valence-corrected chi connectivity index (χ4v) is 4.86. The number of hydrogen-bond acceptors (Lipinski definition) is 1. The van der Waals surface area contributed by atoms with E-state index in [9.17, 15) is 9.90 Å². The Morgan fingerprint density at radius 3 is 2.12 bits per heavy atom. The van der Waals surface area contributed by atoms with Gasteiger partial charge in [0.25, 0.3) is 0 Å². The van der Waals surface area contributed by atoms with Crippen molar-refractivity contribution in [3.05, 3.63) is 35.9 Å². The molecule has 0 aliphatic carbocycles. The molecule has 3 heteroatoms. The van der Waals surface area contributed by atoms with Crippen molar-refractivity contribution in [1.82, 2.24) is 0 Å². The van der Waals surface area contributed by atoms with Crippen LogP contribution in [0.4, 0.5) is 0 Å². The molecular weight excluding hydrogens is 228 g/mol. The monoisotopic (exact) mass is 250 g/mol. The highest BCUT2D eigenvalue weighted by molar-refractivity contribution is 6.76. The molecule has 2 nitrogen and oxygen atoms in total. The number of carboxylic acids is 1. The van der Waals surface area contributed by atoms with Crippen LogP contribution in [-0.2, 0) is 10.2 Å². The lowest BCUT2D eigenvalue weighted by Gasteiger charge is -2.34. The molecule has 1 unspecified atom stereocenters. The Kier molecular flexibility index (Phi) is 4.15. The van der Waals surface area contributed by atoms with Crippen LogP contribution in [0.3, 0.4) is 0 Å². The molecule has 1 atom stereocenters. The molecule has 94 valence electrons. The molecule has 0 amide bonds. The van der Waals surface area contributed by atoms with Crippen molar-refractivity contribution in [2.45, 2.75) is 44.4 Å². The molecule has 1 rings (SSSR count). The van der Waals surface area contributed by atoms with E-state index < -0.39 is 19.5 Å². The van der Waals surface area contributed by atoms with Gasteiger partial charge in [-0.3, -0.25) is 4.79 Å². The van der Waals surface area contributed by atoms with E-state index in [4.69, 9.17) is 0 Å². The third-order valence-electron chi connectivity index (χ3n) is 3.17. The molecule has 0 fully saturated rings. The Morgan fingerprint density at radius 1 is 1.24 bits per heavy atom. The van der Waals surface area contributed by atoms with Gasteiger partial charge in [0, 0.05) is 8.07 Å². The van der Waals surface area contributed by atoms with Crippen LogP contribution in [-0.4, -0.2) is 19.1 Å². The van der Waals surface area contributed by atoms with Gasteiger partial charge in [0.2, 0.25) is 0 Å². The maximum Gasteiger partial charge on any atom is 0.313 e. The van der Waals surface area contributed by atoms with Crippen LogP contribution in [0, 0.1) is 0 Å². The summed E-state index contributed by atoms with van der Waals surface area (Å²) in [6.07, 6.45) is 0.649. The van der Waals surface area contributed by atoms with Gasteiger partial charge in [-0.15, -0.1) is 0 Å².